The van der Waals surface area contributed by atoms with E-state index in [1.165, 1.54) is 5.56 Å². The quantitative estimate of drug-likeness (QED) is 0.783. The van der Waals surface area contributed by atoms with Crippen molar-refractivity contribution in [1.82, 2.24) is 5.32 Å². The monoisotopic (exact) mass is 251 g/mol. The molecule has 0 aliphatic rings. The molecule has 0 saturated carbocycles. The fourth-order valence-corrected chi connectivity index (χ4v) is 1.57. The van der Waals surface area contributed by atoms with E-state index in [1.807, 2.05) is 32.9 Å². The van der Waals surface area contributed by atoms with E-state index in [1.54, 1.807) is 0 Å². The number of hydrogen-bond acceptors (Lipinski definition) is 3. The van der Waals surface area contributed by atoms with E-state index in [-0.39, 0.29) is 18.2 Å². The highest BCUT2D eigenvalue weighted by Gasteiger charge is 2.19. The van der Waals surface area contributed by atoms with Crippen LogP contribution in [0.25, 0.3) is 0 Å². The molecule has 2 N–H and O–H groups in total. The van der Waals surface area contributed by atoms with Crippen molar-refractivity contribution in [2.24, 2.45) is 0 Å². The maximum atomic E-state index is 9.32. The Morgan fingerprint density at radius 2 is 1.89 bits per heavy atom. The van der Waals surface area contributed by atoms with Crippen LogP contribution in [0.2, 0.25) is 0 Å². The third-order valence-corrected chi connectivity index (χ3v) is 3.14. The predicted molar refractivity (Wildman–Crippen MR) is 74.8 cm³/mol. The molecule has 0 aliphatic carbocycles. The van der Waals surface area contributed by atoms with E-state index in [2.05, 4.69) is 24.4 Å². The van der Waals surface area contributed by atoms with Crippen LogP contribution in [0.1, 0.15) is 39.7 Å². The highest BCUT2D eigenvalue weighted by molar-refractivity contribution is 5.27. The van der Waals surface area contributed by atoms with Gasteiger partial charge in [-0.1, -0.05) is 19.1 Å². The fourth-order valence-electron chi connectivity index (χ4n) is 1.57. The highest BCUT2D eigenvalue weighted by Crippen LogP contribution is 2.15. The fraction of sp³-hybridized carbons (Fsp3) is 0.600. The van der Waals surface area contributed by atoms with E-state index < -0.39 is 0 Å². The number of benzene rings is 1. The molecular weight excluding hydrogens is 226 g/mol. The van der Waals surface area contributed by atoms with Gasteiger partial charge in [0, 0.05) is 12.1 Å². The van der Waals surface area contributed by atoms with Gasteiger partial charge in [0.15, 0.2) is 0 Å². The summed E-state index contributed by atoms with van der Waals surface area (Å²) in [6, 6.07) is 8.08. The van der Waals surface area contributed by atoms with Crippen LogP contribution in [0.5, 0.6) is 5.75 Å². The molecule has 3 nitrogen and oxygen atoms in total. The van der Waals surface area contributed by atoms with Crippen molar-refractivity contribution in [2.45, 2.75) is 52.3 Å². The lowest BCUT2D eigenvalue weighted by Gasteiger charge is -2.27. The van der Waals surface area contributed by atoms with Crippen LogP contribution < -0.4 is 10.1 Å². The molecule has 1 aromatic carbocycles. The van der Waals surface area contributed by atoms with Gasteiger partial charge in [-0.05, 0) is 44.9 Å². The number of aliphatic hydroxyl groups excluding tert-OH is 1. The lowest BCUT2D eigenvalue weighted by molar-refractivity contribution is 0.169. The van der Waals surface area contributed by atoms with E-state index in [0.717, 1.165) is 18.7 Å². The Kier molecular flexibility index (Phi) is 5.63. The molecule has 1 rings (SSSR count). The van der Waals surface area contributed by atoms with Gasteiger partial charge in [-0.3, -0.25) is 0 Å². The van der Waals surface area contributed by atoms with E-state index >= 15 is 0 Å². The Morgan fingerprint density at radius 1 is 1.28 bits per heavy atom. The van der Waals surface area contributed by atoms with Crippen molar-refractivity contribution in [3.8, 4) is 5.75 Å². The second-order valence-corrected chi connectivity index (χ2v) is 5.24. The predicted octanol–water partition coefficient (Wildman–Crippen LogP) is 2.72. The van der Waals surface area contributed by atoms with Gasteiger partial charge >= 0.3 is 0 Å². The van der Waals surface area contributed by atoms with Gasteiger partial charge in [-0.2, -0.15) is 0 Å². The topological polar surface area (TPSA) is 41.5 Å². The third-order valence-electron chi connectivity index (χ3n) is 3.14. The normalized spacial score (nSPS) is 14.6. The van der Waals surface area contributed by atoms with Crippen LogP contribution in [-0.2, 0) is 6.54 Å². The second-order valence-electron chi connectivity index (χ2n) is 5.24. The van der Waals surface area contributed by atoms with Crippen LogP contribution in [-0.4, -0.2) is 23.4 Å². The van der Waals surface area contributed by atoms with Crippen LogP contribution in [0.4, 0.5) is 0 Å². The molecule has 0 aromatic heterocycles. The Labute approximate surface area is 110 Å². The van der Waals surface area contributed by atoms with Crippen molar-refractivity contribution in [1.29, 1.82) is 0 Å². The number of nitrogens with one attached hydrogen (secondary N) is 1. The lowest BCUT2D eigenvalue weighted by Crippen LogP contribution is -2.44. The van der Waals surface area contributed by atoms with Crippen LogP contribution in [0.3, 0.4) is 0 Å². The first-order valence-corrected chi connectivity index (χ1v) is 6.60. The molecule has 0 aliphatic heterocycles. The smallest absolute Gasteiger partial charge is 0.119 e. The molecule has 1 aromatic rings. The van der Waals surface area contributed by atoms with Gasteiger partial charge in [0.2, 0.25) is 0 Å². The first-order chi connectivity index (χ1) is 8.49. The van der Waals surface area contributed by atoms with Gasteiger partial charge in [-0.15, -0.1) is 0 Å². The Hall–Kier alpha value is -1.06. The zero-order valence-corrected chi connectivity index (χ0v) is 11.9. The van der Waals surface area contributed by atoms with Gasteiger partial charge < -0.3 is 15.2 Å². The Balaban J connectivity index is 2.53. The summed E-state index contributed by atoms with van der Waals surface area (Å²) >= 11 is 0. The molecule has 0 heterocycles. The molecule has 0 amide bonds. The minimum Gasteiger partial charge on any atom is -0.491 e. The highest BCUT2D eigenvalue weighted by atomic mass is 16.5. The molecular formula is C15H25NO2. The molecule has 18 heavy (non-hydrogen) atoms. The summed E-state index contributed by atoms with van der Waals surface area (Å²) < 4.78 is 5.60. The van der Waals surface area contributed by atoms with Crippen LogP contribution in [0, 0.1) is 0 Å². The van der Waals surface area contributed by atoms with Gasteiger partial charge in [-0.25, -0.2) is 0 Å². The second kappa shape index (κ2) is 6.76. The molecule has 102 valence electrons. The van der Waals surface area contributed by atoms with Crippen LogP contribution in [0.15, 0.2) is 24.3 Å². The van der Waals surface area contributed by atoms with E-state index in [0.29, 0.717) is 0 Å². The molecule has 0 bridgehead atoms. The van der Waals surface area contributed by atoms with Crippen molar-refractivity contribution in [3.05, 3.63) is 29.8 Å². The number of rotatable bonds is 7. The first-order valence-electron chi connectivity index (χ1n) is 6.60. The van der Waals surface area contributed by atoms with Crippen molar-refractivity contribution in [3.63, 3.8) is 0 Å². The largest absolute Gasteiger partial charge is 0.491 e. The zero-order valence-electron chi connectivity index (χ0n) is 11.9. The molecule has 1 atom stereocenters. The standard InChI is InChI=1S/C15H25NO2/c1-5-15(4,11-17)16-10-13-6-8-14(9-7-13)18-12(2)3/h6-9,12,16-17H,5,10-11H2,1-4H3. The summed E-state index contributed by atoms with van der Waals surface area (Å²) in [4.78, 5) is 0. The first kappa shape index (κ1) is 15.0. The number of aliphatic hydroxyl groups is 1. The molecule has 3 heteroatoms. The average molecular weight is 251 g/mol. The Bertz CT molecular complexity index is 342. The van der Waals surface area contributed by atoms with E-state index in [4.69, 9.17) is 4.74 Å². The zero-order chi connectivity index (χ0) is 13.6. The third kappa shape index (κ3) is 4.67. The minimum atomic E-state index is -0.201. The maximum absolute atomic E-state index is 9.32. The summed E-state index contributed by atoms with van der Waals surface area (Å²) in [5, 5.41) is 12.7. The lowest BCUT2D eigenvalue weighted by atomic mass is 10.00. The molecule has 0 fully saturated rings. The summed E-state index contributed by atoms with van der Waals surface area (Å²) in [6.45, 7) is 9.05. The minimum absolute atomic E-state index is 0.151. The van der Waals surface area contributed by atoms with Gasteiger partial charge in [0.1, 0.15) is 5.75 Å². The SMILES string of the molecule is CCC(C)(CO)NCc1ccc(OC(C)C)cc1. The average Bonchev–Trinajstić information content (AvgIpc) is 2.37. The number of hydrogen-bond donors (Lipinski definition) is 2. The molecule has 1 unspecified atom stereocenters. The summed E-state index contributed by atoms with van der Waals surface area (Å²) in [5.41, 5.74) is 0.992. The van der Waals surface area contributed by atoms with Crippen molar-refractivity contribution < 1.29 is 9.84 Å². The van der Waals surface area contributed by atoms with Gasteiger partial charge in [0.25, 0.3) is 0 Å². The molecule has 0 spiro atoms. The summed E-state index contributed by atoms with van der Waals surface area (Å²) in [5.74, 6) is 0.897. The van der Waals surface area contributed by atoms with E-state index in [9.17, 15) is 5.11 Å². The van der Waals surface area contributed by atoms with Crippen LogP contribution >= 0.6 is 0 Å². The summed E-state index contributed by atoms with van der Waals surface area (Å²) in [6.07, 6.45) is 1.10. The molecule has 0 saturated heterocycles. The Morgan fingerprint density at radius 3 is 2.33 bits per heavy atom. The van der Waals surface area contributed by atoms with Crippen molar-refractivity contribution >= 4 is 0 Å². The number of ether oxygens (including phenoxy) is 1. The van der Waals surface area contributed by atoms with Gasteiger partial charge in [0.05, 0.1) is 12.7 Å². The molecule has 0 radical (unpaired) electrons. The van der Waals surface area contributed by atoms with Crippen molar-refractivity contribution in [2.75, 3.05) is 6.61 Å². The maximum Gasteiger partial charge on any atom is 0.119 e. The summed E-state index contributed by atoms with van der Waals surface area (Å²) in [7, 11) is 0.